The van der Waals surface area contributed by atoms with Crippen LogP contribution in [0.25, 0.3) is 0 Å². The van der Waals surface area contributed by atoms with Crippen LogP contribution < -0.4 is 5.43 Å². The zero-order valence-electron chi connectivity index (χ0n) is 11.3. The minimum atomic E-state index is 0.708. The van der Waals surface area contributed by atoms with Crippen LogP contribution in [0.5, 0.6) is 0 Å². The number of benzene rings is 1. The van der Waals surface area contributed by atoms with Gasteiger partial charge in [0.1, 0.15) is 5.82 Å². The molecule has 2 heterocycles. The quantitative estimate of drug-likeness (QED) is 0.586. The molecule has 3 rings (SSSR count). The molecule has 1 N–H and O–H groups in total. The first-order valence-electron chi connectivity index (χ1n) is 6.64. The van der Waals surface area contributed by atoms with Crippen LogP contribution in [-0.2, 0) is 0 Å². The van der Waals surface area contributed by atoms with Gasteiger partial charge in [0.2, 0.25) is 0 Å². The second-order valence-electron chi connectivity index (χ2n) is 4.39. The van der Waals surface area contributed by atoms with Crippen LogP contribution in [-0.4, -0.2) is 15.7 Å². The fraction of sp³-hybridized carbons (Fsp3) is 0. The number of aromatic nitrogens is 2. The average Bonchev–Trinajstić information content (AvgIpc) is 2.58. The van der Waals surface area contributed by atoms with Crippen LogP contribution in [0, 0.1) is 0 Å². The monoisotopic (exact) mass is 274 g/mol. The lowest BCUT2D eigenvalue weighted by Gasteiger charge is -2.07. The highest BCUT2D eigenvalue weighted by molar-refractivity contribution is 6.13. The molecule has 0 saturated carbocycles. The molecule has 0 unspecified atom stereocenters. The Balaban J connectivity index is 1.97. The predicted octanol–water partition coefficient (Wildman–Crippen LogP) is 3.34. The lowest BCUT2D eigenvalue weighted by atomic mass is 10.0. The van der Waals surface area contributed by atoms with Gasteiger partial charge in [-0.25, -0.2) is 4.98 Å². The van der Waals surface area contributed by atoms with Crippen molar-refractivity contribution in [1.29, 1.82) is 0 Å². The van der Waals surface area contributed by atoms with Gasteiger partial charge in [0.25, 0.3) is 0 Å². The third kappa shape index (κ3) is 3.30. The maximum atomic E-state index is 4.51. The van der Waals surface area contributed by atoms with E-state index in [1.165, 1.54) is 0 Å². The molecule has 0 aliphatic carbocycles. The van der Waals surface area contributed by atoms with Crippen LogP contribution in [0.3, 0.4) is 0 Å². The molecule has 0 spiro atoms. The third-order valence-corrected chi connectivity index (χ3v) is 2.95. The summed E-state index contributed by atoms with van der Waals surface area (Å²) in [5, 5.41) is 4.51. The number of hydrazone groups is 1. The summed E-state index contributed by atoms with van der Waals surface area (Å²) in [4.78, 5) is 8.26. The Morgan fingerprint density at radius 2 is 1.48 bits per heavy atom. The summed E-state index contributed by atoms with van der Waals surface area (Å²) >= 11 is 0. The van der Waals surface area contributed by atoms with Gasteiger partial charge in [-0.3, -0.25) is 10.4 Å². The highest BCUT2D eigenvalue weighted by Gasteiger charge is 2.06. The molecule has 0 amide bonds. The van der Waals surface area contributed by atoms with Crippen molar-refractivity contribution in [3.63, 3.8) is 0 Å². The second kappa shape index (κ2) is 6.43. The number of nitrogens with one attached hydrogen (secondary N) is 1. The van der Waals surface area contributed by atoms with E-state index < -0.39 is 0 Å². The average molecular weight is 274 g/mol. The third-order valence-electron chi connectivity index (χ3n) is 2.95. The molecule has 2 aromatic heterocycles. The van der Waals surface area contributed by atoms with Gasteiger partial charge >= 0.3 is 0 Å². The highest BCUT2D eigenvalue weighted by Crippen LogP contribution is 2.11. The Kier molecular flexibility index (Phi) is 3.98. The van der Waals surface area contributed by atoms with E-state index in [9.17, 15) is 0 Å². The van der Waals surface area contributed by atoms with Crippen LogP contribution in [0.4, 0.5) is 5.82 Å². The van der Waals surface area contributed by atoms with E-state index in [2.05, 4.69) is 20.5 Å². The van der Waals surface area contributed by atoms with Gasteiger partial charge in [-0.15, -0.1) is 0 Å². The molecule has 4 nitrogen and oxygen atoms in total. The maximum absolute atomic E-state index is 4.51. The van der Waals surface area contributed by atoms with E-state index in [0.717, 1.165) is 16.8 Å². The molecule has 102 valence electrons. The smallest absolute Gasteiger partial charge is 0.146 e. The highest BCUT2D eigenvalue weighted by atomic mass is 15.3. The molecule has 4 heteroatoms. The summed E-state index contributed by atoms with van der Waals surface area (Å²) in [6.07, 6.45) is 5.25. The summed E-state index contributed by atoms with van der Waals surface area (Å²) in [5.41, 5.74) is 5.88. The Morgan fingerprint density at radius 3 is 2.19 bits per heavy atom. The SMILES string of the molecule is c1ccc(/C(=N\Nc2ccccn2)c2ccncc2)cc1. The van der Waals surface area contributed by atoms with E-state index in [1.807, 2.05) is 60.7 Å². The first kappa shape index (κ1) is 13.0. The van der Waals surface area contributed by atoms with Gasteiger partial charge in [-0.1, -0.05) is 36.4 Å². The van der Waals surface area contributed by atoms with E-state index >= 15 is 0 Å². The molecule has 0 atom stereocenters. The topological polar surface area (TPSA) is 50.2 Å². The molecule has 3 aromatic rings. The van der Waals surface area contributed by atoms with Gasteiger partial charge in [-0.05, 0) is 24.3 Å². The first-order valence-corrected chi connectivity index (χ1v) is 6.64. The molecule has 0 saturated heterocycles. The van der Waals surface area contributed by atoms with Crippen LogP contribution >= 0.6 is 0 Å². The number of nitrogens with zero attached hydrogens (tertiary/aromatic N) is 3. The summed E-state index contributed by atoms with van der Waals surface area (Å²) in [7, 11) is 0. The van der Waals surface area contributed by atoms with Crippen molar-refractivity contribution in [3.05, 3.63) is 90.4 Å². The van der Waals surface area contributed by atoms with Crippen molar-refractivity contribution in [2.45, 2.75) is 0 Å². The van der Waals surface area contributed by atoms with Crippen LogP contribution in [0.2, 0.25) is 0 Å². The molecule has 0 aliphatic heterocycles. The largest absolute Gasteiger partial charge is 0.265 e. The first-order chi connectivity index (χ1) is 10.4. The minimum Gasteiger partial charge on any atom is -0.265 e. The molecule has 21 heavy (non-hydrogen) atoms. The summed E-state index contributed by atoms with van der Waals surface area (Å²) in [6, 6.07) is 19.6. The fourth-order valence-corrected chi connectivity index (χ4v) is 1.94. The molecular formula is C17H14N4. The van der Waals surface area contributed by atoms with Crippen LogP contribution in [0.15, 0.2) is 84.4 Å². The normalized spacial score (nSPS) is 11.1. The Morgan fingerprint density at radius 1 is 0.762 bits per heavy atom. The molecule has 0 bridgehead atoms. The summed E-state index contributed by atoms with van der Waals surface area (Å²) < 4.78 is 0. The summed E-state index contributed by atoms with van der Waals surface area (Å²) in [5.74, 6) is 0.708. The Labute approximate surface area is 123 Å². The Hall–Kier alpha value is -3.01. The molecule has 1 aromatic carbocycles. The van der Waals surface area contributed by atoms with Crippen LogP contribution in [0.1, 0.15) is 11.1 Å². The summed E-state index contributed by atoms with van der Waals surface area (Å²) in [6.45, 7) is 0. The molecule has 0 radical (unpaired) electrons. The predicted molar refractivity (Wildman–Crippen MR) is 84.2 cm³/mol. The van der Waals surface area contributed by atoms with Gasteiger partial charge in [0, 0.05) is 29.7 Å². The molecule has 0 fully saturated rings. The maximum Gasteiger partial charge on any atom is 0.146 e. The van der Waals surface area contributed by atoms with Crippen molar-refractivity contribution in [2.24, 2.45) is 5.10 Å². The van der Waals surface area contributed by atoms with E-state index in [4.69, 9.17) is 0 Å². The fourth-order valence-electron chi connectivity index (χ4n) is 1.94. The number of hydrogen-bond donors (Lipinski definition) is 1. The lowest BCUT2D eigenvalue weighted by molar-refractivity contribution is 1.22. The number of pyridine rings is 2. The van der Waals surface area contributed by atoms with Crippen molar-refractivity contribution in [1.82, 2.24) is 9.97 Å². The van der Waals surface area contributed by atoms with Crippen molar-refractivity contribution in [2.75, 3.05) is 5.43 Å². The lowest BCUT2D eigenvalue weighted by Crippen LogP contribution is -2.07. The molecule has 0 aliphatic rings. The number of anilines is 1. The number of hydrogen-bond acceptors (Lipinski definition) is 4. The Bertz CT molecular complexity index is 668. The second-order valence-corrected chi connectivity index (χ2v) is 4.39. The van der Waals surface area contributed by atoms with E-state index in [1.54, 1.807) is 18.6 Å². The van der Waals surface area contributed by atoms with Gasteiger partial charge < -0.3 is 0 Å². The zero-order chi connectivity index (χ0) is 14.3. The van der Waals surface area contributed by atoms with Crippen molar-refractivity contribution < 1.29 is 0 Å². The molecular weight excluding hydrogens is 260 g/mol. The minimum absolute atomic E-state index is 0.708. The number of rotatable bonds is 4. The van der Waals surface area contributed by atoms with Gasteiger partial charge in [0.15, 0.2) is 0 Å². The van der Waals surface area contributed by atoms with E-state index in [0.29, 0.717) is 5.82 Å². The van der Waals surface area contributed by atoms with Crippen molar-refractivity contribution in [3.8, 4) is 0 Å². The van der Waals surface area contributed by atoms with Gasteiger partial charge in [0.05, 0.1) is 5.71 Å². The van der Waals surface area contributed by atoms with Gasteiger partial charge in [-0.2, -0.15) is 5.10 Å². The van der Waals surface area contributed by atoms with E-state index in [-0.39, 0.29) is 0 Å². The van der Waals surface area contributed by atoms with Crippen molar-refractivity contribution >= 4 is 11.5 Å². The standard InChI is InChI=1S/C17H14N4/c1-2-6-14(7-3-1)17(15-9-12-18-13-10-15)21-20-16-8-4-5-11-19-16/h1-13H,(H,19,20)/b21-17+. The zero-order valence-corrected chi connectivity index (χ0v) is 11.3.